The highest BCUT2D eigenvalue weighted by molar-refractivity contribution is 6.31. The molecule has 1 aromatic heterocycles. The van der Waals surface area contributed by atoms with Crippen LogP contribution in [0.5, 0.6) is 0 Å². The minimum Gasteiger partial charge on any atom is -0.331 e. The second kappa shape index (κ2) is 5.37. The lowest BCUT2D eigenvalue weighted by Gasteiger charge is -2.22. The number of fused-ring (bicyclic) bond motifs is 1. The van der Waals surface area contributed by atoms with Gasteiger partial charge in [0.15, 0.2) is 5.82 Å². The summed E-state index contributed by atoms with van der Waals surface area (Å²) in [7, 11) is 0. The average molecular weight is 307 g/mol. The molecule has 2 amide bonds. The fourth-order valence-corrected chi connectivity index (χ4v) is 2.70. The highest BCUT2D eigenvalue weighted by Crippen LogP contribution is 2.24. The number of halogens is 1. The number of carbonyl (C=O) groups excluding carboxylic acids is 2. The quantitative estimate of drug-likeness (QED) is 0.912. The summed E-state index contributed by atoms with van der Waals surface area (Å²) in [6.07, 6.45) is 1.32. The van der Waals surface area contributed by atoms with E-state index in [1.807, 2.05) is 0 Å². The van der Waals surface area contributed by atoms with Gasteiger partial charge in [-0.2, -0.15) is 5.10 Å². The van der Waals surface area contributed by atoms with Gasteiger partial charge in [0.25, 0.3) is 0 Å². The van der Waals surface area contributed by atoms with Gasteiger partial charge in [-0.15, -0.1) is 0 Å². The van der Waals surface area contributed by atoms with Gasteiger partial charge in [-0.1, -0.05) is 11.6 Å². The number of aromatic amines is 1. The molecule has 2 heterocycles. The summed E-state index contributed by atoms with van der Waals surface area (Å²) < 4.78 is 0. The van der Waals surface area contributed by atoms with Crippen molar-refractivity contribution in [2.45, 2.75) is 25.8 Å². The molecule has 110 valence electrons. The molecule has 1 unspecified atom stereocenters. The fourth-order valence-electron chi connectivity index (χ4n) is 2.53. The minimum absolute atomic E-state index is 0.0244. The molecule has 0 spiro atoms. The summed E-state index contributed by atoms with van der Waals surface area (Å²) in [4.78, 5) is 25.5. The third-order valence-electron chi connectivity index (χ3n) is 3.72. The van der Waals surface area contributed by atoms with E-state index in [1.54, 1.807) is 30.0 Å². The Balaban J connectivity index is 1.78. The van der Waals surface area contributed by atoms with Crippen LogP contribution in [0, 0.1) is 0 Å². The molecule has 1 atom stereocenters. The first kappa shape index (κ1) is 13.9. The molecular formula is C14H15ClN4O2. The van der Waals surface area contributed by atoms with Gasteiger partial charge >= 0.3 is 0 Å². The number of nitrogens with one attached hydrogen (secondary N) is 2. The molecule has 1 aliphatic rings. The largest absolute Gasteiger partial charge is 0.331 e. The maximum atomic E-state index is 12.3. The number of H-pyrrole nitrogens is 1. The first-order valence-corrected chi connectivity index (χ1v) is 7.18. The third-order valence-corrected chi connectivity index (χ3v) is 3.96. The molecule has 2 aromatic rings. The van der Waals surface area contributed by atoms with Crippen molar-refractivity contribution in [3.8, 4) is 0 Å². The lowest BCUT2D eigenvalue weighted by atomic mass is 10.2. The Morgan fingerprint density at radius 2 is 2.33 bits per heavy atom. The molecule has 6 nitrogen and oxygen atoms in total. The number of nitrogens with zero attached hydrogens (tertiary/aromatic N) is 2. The second-order valence-electron chi connectivity index (χ2n) is 5.12. The third kappa shape index (κ3) is 2.58. The van der Waals surface area contributed by atoms with Gasteiger partial charge in [0, 0.05) is 23.4 Å². The van der Waals surface area contributed by atoms with Gasteiger partial charge in [-0.25, -0.2) is 0 Å². The van der Waals surface area contributed by atoms with Crippen LogP contribution in [0.15, 0.2) is 18.2 Å². The van der Waals surface area contributed by atoms with Crippen LogP contribution in [-0.2, 0) is 9.59 Å². The molecule has 1 saturated heterocycles. The summed E-state index contributed by atoms with van der Waals surface area (Å²) in [5.41, 5.74) is 0.753. The Morgan fingerprint density at radius 1 is 1.52 bits per heavy atom. The van der Waals surface area contributed by atoms with Crippen LogP contribution < -0.4 is 5.32 Å². The van der Waals surface area contributed by atoms with Crippen LogP contribution in [0.2, 0.25) is 5.02 Å². The molecule has 1 aromatic carbocycles. The molecule has 1 aliphatic heterocycles. The molecule has 21 heavy (non-hydrogen) atoms. The second-order valence-corrected chi connectivity index (χ2v) is 5.55. The van der Waals surface area contributed by atoms with E-state index in [2.05, 4.69) is 15.5 Å². The number of hydrogen-bond donors (Lipinski definition) is 2. The molecule has 2 N–H and O–H groups in total. The highest BCUT2D eigenvalue weighted by Gasteiger charge is 2.29. The van der Waals surface area contributed by atoms with Gasteiger partial charge in [0.05, 0.1) is 5.52 Å². The number of hydrogen-bond acceptors (Lipinski definition) is 3. The smallest absolute Gasteiger partial charge is 0.248 e. The molecule has 1 fully saturated rings. The first-order valence-electron chi connectivity index (χ1n) is 6.80. The minimum atomic E-state index is -0.501. The molecule has 0 bridgehead atoms. The van der Waals surface area contributed by atoms with Crippen molar-refractivity contribution in [3.05, 3.63) is 23.2 Å². The summed E-state index contributed by atoms with van der Waals surface area (Å²) >= 11 is 5.91. The monoisotopic (exact) mass is 306 g/mol. The number of aromatic nitrogens is 2. The molecule has 0 saturated carbocycles. The van der Waals surface area contributed by atoms with Crippen molar-refractivity contribution in [3.63, 3.8) is 0 Å². The lowest BCUT2D eigenvalue weighted by molar-refractivity contribution is -0.134. The van der Waals surface area contributed by atoms with Crippen molar-refractivity contribution >= 4 is 40.1 Å². The van der Waals surface area contributed by atoms with E-state index in [0.717, 1.165) is 17.3 Å². The van der Waals surface area contributed by atoms with E-state index >= 15 is 0 Å². The maximum Gasteiger partial charge on any atom is 0.248 e. The molecule has 3 rings (SSSR count). The topological polar surface area (TPSA) is 78.1 Å². The van der Waals surface area contributed by atoms with Crippen molar-refractivity contribution in [2.75, 3.05) is 11.9 Å². The zero-order valence-corrected chi connectivity index (χ0v) is 12.3. The Morgan fingerprint density at radius 3 is 3.05 bits per heavy atom. The van der Waals surface area contributed by atoms with E-state index in [4.69, 9.17) is 11.6 Å². The fraction of sp³-hybridized carbons (Fsp3) is 0.357. The molecule has 0 radical (unpaired) electrons. The average Bonchev–Trinajstić information content (AvgIpc) is 3.04. The number of likely N-dealkylation sites (tertiary alicyclic amines) is 1. The molecule has 7 heteroatoms. The number of amides is 2. The molecule has 0 aliphatic carbocycles. The van der Waals surface area contributed by atoms with Crippen LogP contribution >= 0.6 is 11.6 Å². The van der Waals surface area contributed by atoms with E-state index < -0.39 is 6.04 Å². The van der Waals surface area contributed by atoms with Gasteiger partial charge in [0.2, 0.25) is 11.8 Å². The predicted molar refractivity (Wildman–Crippen MR) is 80.1 cm³/mol. The summed E-state index contributed by atoms with van der Waals surface area (Å²) in [6, 6.07) is 4.77. The normalized spacial score (nSPS) is 16.5. The van der Waals surface area contributed by atoms with Crippen molar-refractivity contribution < 1.29 is 9.59 Å². The van der Waals surface area contributed by atoms with Crippen molar-refractivity contribution in [2.24, 2.45) is 0 Å². The number of benzene rings is 1. The number of rotatable bonds is 3. The zero-order chi connectivity index (χ0) is 15.0. The Bertz CT molecular complexity index is 712. The standard InChI is InChI=1S/C14H15ClN4O2/c1-8(19-6-2-3-12(19)20)14(21)16-13-10-5-4-9(15)7-11(10)17-18-13/h4-5,7-8H,2-3,6H2,1H3,(H2,16,17,18,21). The van der Waals surface area contributed by atoms with Gasteiger partial charge in [-0.05, 0) is 31.5 Å². The summed E-state index contributed by atoms with van der Waals surface area (Å²) in [6.45, 7) is 2.36. The van der Waals surface area contributed by atoms with E-state index in [-0.39, 0.29) is 11.8 Å². The lowest BCUT2D eigenvalue weighted by Crippen LogP contribution is -2.42. The highest BCUT2D eigenvalue weighted by atomic mass is 35.5. The number of carbonyl (C=O) groups is 2. The Hall–Kier alpha value is -2.08. The zero-order valence-electron chi connectivity index (χ0n) is 11.5. The number of anilines is 1. The maximum absolute atomic E-state index is 12.3. The Kier molecular flexibility index (Phi) is 3.55. The van der Waals surface area contributed by atoms with E-state index in [9.17, 15) is 9.59 Å². The van der Waals surface area contributed by atoms with Gasteiger partial charge in [0.1, 0.15) is 6.04 Å². The van der Waals surface area contributed by atoms with E-state index in [1.165, 1.54) is 0 Å². The van der Waals surface area contributed by atoms with Crippen LogP contribution in [0.4, 0.5) is 5.82 Å². The van der Waals surface area contributed by atoms with Gasteiger partial charge < -0.3 is 10.2 Å². The van der Waals surface area contributed by atoms with Gasteiger partial charge in [-0.3, -0.25) is 14.7 Å². The van der Waals surface area contributed by atoms with Crippen molar-refractivity contribution in [1.82, 2.24) is 15.1 Å². The van der Waals surface area contributed by atoms with Crippen LogP contribution in [-0.4, -0.2) is 39.5 Å². The summed E-state index contributed by atoms with van der Waals surface area (Å²) in [5.74, 6) is 0.232. The first-order chi connectivity index (χ1) is 10.1. The predicted octanol–water partition coefficient (Wildman–Crippen LogP) is 2.17. The van der Waals surface area contributed by atoms with Crippen LogP contribution in [0.1, 0.15) is 19.8 Å². The van der Waals surface area contributed by atoms with Crippen molar-refractivity contribution in [1.29, 1.82) is 0 Å². The summed E-state index contributed by atoms with van der Waals surface area (Å²) in [5, 5.41) is 11.1. The SMILES string of the molecule is CC(C(=O)Nc1n[nH]c2cc(Cl)ccc12)N1CCCC1=O. The molecular weight excluding hydrogens is 292 g/mol. The Labute approximate surface area is 126 Å². The van der Waals surface area contributed by atoms with E-state index in [0.29, 0.717) is 23.8 Å². The van der Waals surface area contributed by atoms with Crippen LogP contribution in [0.25, 0.3) is 10.9 Å². The van der Waals surface area contributed by atoms with Crippen LogP contribution in [0.3, 0.4) is 0 Å².